The summed E-state index contributed by atoms with van der Waals surface area (Å²) in [4.78, 5) is 34.1. The number of amides is 1. The van der Waals surface area contributed by atoms with Gasteiger partial charge >= 0.3 is 6.09 Å². The first-order chi connectivity index (χ1) is 14.6. The number of anilines is 1. The lowest BCUT2D eigenvalue weighted by atomic mass is 10.0. The van der Waals surface area contributed by atoms with Crippen molar-refractivity contribution in [3.63, 3.8) is 0 Å². The molecule has 30 heavy (non-hydrogen) atoms. The molecule has 0 aromatic heterocycles. The lowest BCUT2D eigenvalue weighted by Crippen LogP contribution is -2.22. The summed E-state index contributed by atoms with van der Waals surface area (Å²) < 4.78 is 0. The number of carbonyl (C=O) groups excluding carboxylic acids is 2. The molecule has 2 N–H and O–H groups in total. The minimum atomic E-state index is -0.719. The van der Waals surface area contributed by atoms with Gasteiger partial charge in [0.2, 0.25) is 0 Å². The fourth-order valence-electron chi connectivity index (χ4n) is 3.12. The van der Waals surface area contributed by atoms with Crippen LogP contribution < -0.4 is 10.8 Å². The Morgan fingerprint density at radius 3 is 2.30 bits per heavy atom. The van der Waals surface area contributed by atoms with Gasteiger partial charge in [0.1, 0.15) is 6.34 Å². The third kappa shape index (κ3) is 4.09. The van der Waals surface area contributed by atoms with E-state index < -0.39 is 6.09 Å². The number of rotatable bonds is 5. The number of carbonyl (C=O) groups is 2. The fourth-order valence-corrected chi connectivity index (χ4v) is 3.24. The molecule has 0 saturated carbocycles. The summed E-state index contributed by atoms with van der Waals surface area (Å²) in [6.45, 7) is 0. The second kappa shape index (κ2) is 8.63. The number of ketones is 1. The summed E-state index contributed by atoms with van der Waals surface area (Å²) in [5, 5.41) is 3.11. The second-order valence-corrected chi connectivity index (χ2v) is 6.80. The molecular formula is C23H16ClN3O3. The highest BCUT2D eigenvalue weighted by atomic mass is 35.5. The molecule has 0 saturated heterocycles. The molecule has 0 heterocycles. The number of Topliss-reactive ketones (excluding diaryl/α,β-unsaturated/α-hetero) is 1. The van der Waals surface area contributed by atoms with Crippen molar-refractivity contribution in [3.05, 3.63) is 101 Å². The van der Waals surface area contributed by atoms with E-state index in [1.54, 1.807) is 30.3 Å². The average Bonchev–Trinajstić information content (AvgIpc) is 3.05. The van der Waals surface area contributed by atoms with Gasteiger partial charge < -0.3 is 4.84 Å². The molecule has 3 aromatic carbocycles. The van der Waals surface area contributed by atoms with E-state index in [0.29, 0.717) is 27.5 Å². The number of nitrogens with zero attached hydrogens (tertiary/aromatic N) is 1. The maximum absolute atomic E-state index is 12.9. The highest BCUT2D eigenvalue weighted by Crippen LogP contribution is 2.38. The monoisotopic (exact) mass is 417 g/mol. The topological polar surface area (TPSA) is 79.8 Å². The molecule has 0 unspecified atom stereocenters. The third-order valence-corrected chi connectivity index (χ3v) is 4.69. The van der Waals surface area contributed by atoms with E-state index in [1.807, 2.05) is 48.5 Å². The molecular weight excluding hydrogens is 402 g/mol. The standard InChI is InChI=1S/C23H16ClN3O3/c24-16-10-12-17(13-11-16)27-23(29)30-26-14-25-21-18-8-4-5-9-19(18)22(28)20(21)15-6-2-1-3-7-15/h1-14H,(H,25,26)(H,27,29). The normalized spacial score (nSPS) is 12.8. The first-order valence-corrected chi connectivity index (χ1v) is 9.46. The molecule has 0 spiro atoms. The van der Waals surface area contributed by atoms with E-state index in [2.05, 4.69) is 15.8 Å². The van der Waals surface area contributed by atoms with Crippen LogP contribution >= 0.6 is 11.6 Å². The average molecular weight is 418 g/mol. The minimum Gasteiger partial charge on any atom is -0.323 e. The Kier molecular flexibility index (Phi) is 5.59. The third-order valence-electron chi connectivity index (χ3n) is 4.44. The maximum Gasteiger partial charge on any atom is 0.435 e. The molecule has 6 nitrogen and oxygen atoms in total. The van der Waals surface area contributed by atoms with Crippen LogP contribution in [-0.2, 0) is 4.84 Å². The number of allylic oxidation sites excluding steroid dienone is 1. The molecule has 7 heteroatoms. The van der Waals surface area contributed by atoms with Crippen molar-refractivity contribution < 1.29 is 14.4 Å². The summed E-state index contributed by atoms with van der Waals surface area (Å²) in [7, 11) is 0. The summed E-state index contributed by atoms with van der Waals surface area (Å²) in [5.41, 5.74) is 6.02. The van der Waals surface area contributed by atoms with Crippen LogP contribution in [0.15, 0.2) is 83.9 Å². The molecule has 1 aliphatic rings. The van der Waals surface area contributed by atoms with E-state index in [4.69, 9.17) is 16.4 Å². The van der Waals surface area contributed by atoms with Gasteiger partial charge in [-0.1, -0.05) is 66.2 Å². The van der Waals surface area contributed by atoms with Crippen LogP contribution in [0.2, 0.25) is 5.02 Å². The lowest BCUT2D eigenvalue weighted by Gasteiger charge is -2.06. The van der Waals surface area contributed by atoms with Crippen molar-refractivity contribution in [1.29, 1.82) is 0 Å². The van der Waals surface area contributed by atoms with Crippen molar-refractivity contribution in [3.8, 4) is 0 Å². The summed E-state index contributed by atoms with van der Waals surface area (Å²) >= 11 is 5.81. The summed E-state index contributed by atoms with van der Waals surface area (Å²) in [5.74, 6) is -0.0923. The number of nitrogens with one attached hydrogen (secondary N) is 2. The molecule has 0 bridgehead atoms. The first-order valence-electron chi connectivity index (χ1n) is 9.09. The zero-order valence-electron chi connectivity index (χ0n) is 15.6. The Morgan fingerprint density at radius 2 is 1.57 bits per heavy atom. The highest BCUT2D eigenvalue weighted by Gasteiger charge is 2.29. The van der Waals surface area contributed by atoms with Gasteiger partial charge in [-0.3, -0.25) is 10.1 Å². The Hall–Kier alpha value is -3.90. The molecule has 0 radical (unpaired) electrons. The SMILES string of the molecule is O=C(Nc1ccc(Cl)cc1)ONC=NC1=C(c2ccccc2)C(=O)c2ccccc21. The highest BCUT2D eigenvalue weighted by molar-refractivity contribution is 6.40. The molecule has 148 valence electrons. The smallest absolute Gasteiger partial charge is 0.323 e. The first kappa shape index (κ1) is 19.4. The van der Waals surface area contributed by atoms with Gasteiger partial charge in [-0.25, -0.2) is 15.3 Å². The predicted octanol–water partition coefficient (Wildman–Crippen LogP) is 5.19. The van der Waals surface area contributed by atoms with Crippen LogP contribution in [0.25, 0.3) is 11.3 Å². The van der Waals surface area contributed by atoms with Crippen LogP contribution in [-0.4, -0.2) is 18.2 Å². The number of aliphatic imine (C=N–C) groups is 1. The van der Waals surface area contributed by atoms with Gasteiger partial charge in [-0.2, -0.15) is 0 Å². The maximum atomic E-state index is 12.9. The van der Waals surface area contributed by atoms with Gasteiger partial charge in [-0.15, -0.1) is 0 Å². The molecule has 1 aliphatic carbocycles. The second-order valence-electron chi connectivity index (χ2n) is 6.36. The Bertz CT molecular complexity index is 1160. The number of benzene rings is 3. The molecule has 0 atom stereocenters. The van der Waals surface area contributed by atoms with E-state index in [1.165, 1.54) is 6.34 Å². The fraction of sp³-hybridized carbons (Fsp3) is 0. The van der Waals surface area contributed by atoms with Crippen molar-refractivity contribution >= 4 is 46.8 Å². The Labute approximate surface area is 177 Å². The molecule has 1 amide bonds. The van der Waals surface area contributed by atoms with E-state index in [-0.39, 0.29) is 5.78 Å². The molecule has 3 aromatic rings. The van der Waals surface area contributed by atoms with E-state index in [9.17, 15) is 9.59 Å². The van der Waals surface area contributed by atoms with Crippen LogP contribution in [0.3, 0.4) is 0 Å². The van der Waals surface area contributed by atoms with Gasteiger partial charge in [0.15, 0.2) is 5.78 Å². The quantitative estimate of drug-likeness (QED) is 0.340. The van der Waals surface area contributed by atoms with Gasteiger partial charge in [0.25, 0.3) is 0 Å². The Morgan fingerprint density at radius 1 is 0.900 bits per heavy atom. The summed E-state index contributed by atoms with van der Waals surface area (Å²) in [6.07, 6.45) is 0.513. The zero-order valence-corrected chi connectivity index (χ0v) is 16.4. The minimum absolute atomic E-state index is 0.0923. The van der Waals surface area contributed by atoms with Gasteiger partial charge in [-0.05, 0) is 29.8 Å². The lowest BCUT2D eigenvalue weighted by molar-refractivity contribution is 0.105. The number of hydroxylamine groups is 1. The zero-order chi connectivity index (χ0) is 20.9. The van der Waals surface area contributed by atoms with Crippen LogP contribution in [0, 0.1) is 0 Å². The summed E-state index contributed by atoms with van der Waals surface area (Å²) in [6, 6.07) is 23.2. The number of hydrogen-bond donors (Lipinski definition) is 2. The van der Waals surface area contributed by atoms with Crippen molar-refractivity contribution in [1.82, 2.24) is 5.48 Å². The van der Waals surface area contributed by atoms with Crippen LogP contribution in [0.1, 0.15) is 21.5 Å². The molecule has 4 rings (SSSR count). The number of fused-ring (bicyclic) bond motifs is 1. The van der Waals surface area contributed by atoms with E-state index in [0.717, 1.165) is 11.1 Å². The largest absolute Gasteiger partial charge is 0.435 e. The van der Waals surface area contributed by atoms with Gasteiger partial charge in [0.05, 0.1) is 11.3 Å². The van der Waals surface area contributed by atoms with Crippen molar-refractivity contribution in [2.45, 2.75) is 0 Å². The van der Waals surface area contributed by atoms with Crippen LogP contribution in [0.5, 0.6) is 0 Å². The van der Waals surface area contributed by atoms with Crippen molar-refractivity contribution in [2.24, 2.45) is 4.99 Å². The van der Waals surface area contributed by atoms with E-state index >= 15 is 0 Å². The number of hydrogen-bond acceptors (Lipinski definition) is 4. The number of halogens is 1. The van der Waals surface area contributed by atoms with Crippen molar-refractivity contribution in [2.75, 3.05) is 5.32 Å². The molecule has 0 fully saturated rings. The van der Waals surface area contributed by atoms with Crippen LogP contribution in [0.4, 0.5) is 10.5 Å². The predicted molar refractivity (Wildman–Crippen MR) is 117 cm³/mol. The molecule has 0 aliphatic heterocycles. The Balaban J connectivity index is 1.50. The van der Waals surface area contributed by atoms with Gasteiger partial charge in [0, 0.05) is 21.8 Å².